The van der Waals surface area contributed by atoms with Crippen molar-refractivity contribution in [2.45, 2.75) is 26.7 Å². The van der Waals surface area contributed by atoms with E-state index in [0.29, 0.717) is 5.92 Å². The lowest BCUT2D eigenvalue weighted by molar-refractivity contribution is 0.824. The Hall–Kier alpha value is -0.630. The molecule has 60 valence electrons. The van der Waals surface area contributed by atoms with Crippen LogP contribution in [0.25, 0.3) is 6.08 Å². The van der Waals surface area contributed by atoms with E-state index < -0.39 is 0 Å². The first kappa shape index (κ1) is 8.47. The lowest BCUT2D eigenvalue weighted by Gasteiger charge is -1.99. The van der Waals surface area contributed by atoms with Crippen LogP contribution >= 0.6 is 11.3 Å². The Balaban J connectivity index is 3.06. The molecule has 11 heavy (non-hydrogen) atoms. The molecule has 0 fully saturated rings. The van der Waals surface area contributed by atoms with E-state index in [-0.39, 0.29) is 0 Å². The summed E-state index contributed by atoms with van der Waals surface area (Å²) in [6, 6.07) is 0. The average molecular weight is 167 g/mol. The lowest BCUT2D eigenvalue weighted by Crippen LogP contribution is -1.89. The van der Waals surface area contributed by atoms with Gasteiger partial charge in [-0.1, -0.05) is 20.4 Å². The molecule has 1 nitrogen and oxygen atoms in total. The third-order valence-corrected chi connectivity index (χ3v) is 2.55. The minimum Gasteiger partial charge on any atom is -0.241 e. The fourth-order valence-corrected chi connectivity index (χ4v) is 1.98. The summed E-state index contributed by atoms with van der Waals surface area (Å²) in [6.45, 7) is 10.1. The van der Waals surface area contributed by atoms with Crippen LogP contribution < -0.4 is 0 Å². The second kappa shape index (κ2) is 3.18. The van der Waals surface area contributed by atoms with E-state index >= 15 is 0 Å². The van der Waals surface area contributed by atoms with Crippen molar-refractivity contribution in [3.8, 4) is 0 Å². The van der Waals surface area contributed by atoms with Crippen LogP contribution in [0.4, 0.5) is 0 Å². The Morgan fingerprint density at radius 3 is 2.45 bits per heavy atom. The number of thiazole rings is 1. The number of aryl methyl sites for hydroxylation is 1. The largest absolute Gasteiger partial charge is 0.241 e. The van der Waals surface area contributed by atoms with Crippen LogP contribution in [-0.4, -0.2) is 4.98 Å². The van der Waals surface area contributed by atoms with Crippen molar-refractivity contribution in [1.82, 2.24) is 4.98 Å². The zero-order chi connectivity index (χ0) is 8.43. The molecule has 0 aliphatic carbocycles. The topological polar surface area (TPSA) is 12.9 Å². The predicted molar refractivity (Wildman–Crippen MR) is 51.0 cm³/mol. The van der Waals surface area contributed by atoms with Gasteiger partial charge in [-0.05, 0) is 18.9 Å². The molecule has 1 rings (SSSR count). The molecule has 0 aliphatic heterocycles. The molecule has 0 N–H and O–H groups in total. The third-order valence-electron chi connectivity index (χ3n) is 1.57. The van der Waals surface area contributed by atoms with Gasteiger partial charge < -0.3 is 0 Å². The zero-order valence-electron chi connectivity index (χ0n) is 7.22. The molecule has 0 saturated carbocycles. The summed E-state index contributed by atoms with van der Waals surface area (Å²) in [6.07, 6.45) is 1.81. The molecule has 0 atom stereocenters. The second-order valence-electron chi connectivity index (χ2n) is 2.85. The molecule has 0 aromatic carbocycles. The van der Waals surface area contributed by atoms with Gasteiger partial charge in [0.05, 0.1) is 5.69 Å². The van der Waals surface area contributed by atoms with E-state index in [9.17, 15) is 0 Å². The molecule has 2 heteroatoms. The van der Waals surface area contributed by atoms with Crippen LogP contribution in [0, 0.1) is 6.92 Å². The van der Waals surface area contributed by atoms with Crippen LogP contribution in [0.3, 0.4) is 0 Å². The van der Waals surface area contributed by atoms with Gasteiger partial charge in [0.2, 0.25) is 0 Å². The summed E-state index contributed by atoms with van der Waals surface area (Å²) in [4.78, 5) is 5.74. The Morgan fingerprint density at radius 1 is 1.55 bits per heavy atom. The monoisotopic (exact) mass is 167 g/mol. The highest BCUT2D eigenvalue weighted by Gasteiger charge is 2.08. The Labute approximate surface area is 71.8 Å². The van der Waals surface area contributed by atoms with Crippen molar-refractivity contribution in [1.29, 1.82) is 0 Å². The zero-order valence-corrected chi connectivity index (χ0v) is 8.03. The van der Waals surface area contributed by atoms with Gasteiger partial charge >= 0.3 is 0 Å². The fourth-order valence-electron chi connectivity index (χ4n) is 1.05. The number of hydrogen-bond donors (Lipinski definition) is 0. The van der Waals surface area contributed by atoms with Gasteiger partial charge in [0.15, 0.2) is 0 Å². The summed E-state index contributed by atoms with van der Waals surface area (Å²) < 4.78 is 0. The molecule has 0 saturated heterocycles. The van der Waals surface area contributed by atoms with Crippen LogP contribution in [0.2, 0.25) is 0 Å². The van der Waals surface area contributed by atoms with E-state index in [2.05, 4.69) is 32.3 Å². The molecular weight excluding hydrogens is 154 g/mol. The Morgan fingerprint density at radius 2 is 2.18 bits per heavy atom. The molecule has 0 bridgehead atoms. The molecular formula is C9H13NS. The van der Waals surface area contributed by atoms with Crippen LogP contribution in [-0.2, 0) is 0 Å². The number of hydrogen-bond acceptors (Lipinski definition) is 2. The van der Waals surface area contributed by atoms with Crippen molar-refractivity contribution in [2.24, 2.45) is 0 Å². The van der Waals surface area contributed by atoms with E-state index in [0.717, 1.165) is 5.01 Å². The molecule has 1 heterocycles. The highest BCUT2D eigenvalue weighted by atomic mass is 32.1. The van der Waals surface area contributed by atoms with Crippen molar-refractivity contribution >= 4 is 17.4 Å². The maximum absolute atomic E-state index is 4.43. The number of rotatable bonds is 2. The molecule has 1 aromatic rings. The first-order chi connectivity index (χ1) is 5.15. The van der Waals surface area contributed by atoms with Crippen LogP contribution in [0.15, 0.2) is 6.58 Å². The Kier molecular flexibility index (Phi) is 2.45. The summed E-state index contributed by atoms with van der Waals surface area (Å²) in [5, 5.41) is 1.03. The van der Waals surface area contributed by atoms with Gasteiger partial charge in [-0.3, -0.25) is 0 Å². The smallest absolute Gasteiger partial charge is 0.116 e. The molecule has 0 amide bonds. The molecule has 0 radical (unpaired) electrons. The van der Waals surface area contributed by atoms with Gasteiger partial charge in [0, 0.05) is 4.88 Å². The Bertz CT molecular complexity index is 261. The van der Waals surface area contributed by atoms with Crippen molar-refractivity contribution in [3.05, 3.63) is 22.2 Å². The van der Waals surface area contributed by atoms with Gasteiger partial charge in [0.25, 0.3) is 0 Å². The van der Waals surface area contributed by atoms with Gasteiger partial charge in [-0.2, -0.15) is 0 Å². The molecule has 0 unspecified atom stereocenters. The summed E-state index contributed by atoms with van der Waals surface area (Å²) in [7, 11) is 0. The molecule has 0 spiro atoms. The van der Waals surface area contributed by atoms with E-state index in [1.165, 1.54) is 10.6 Å². The standard InChI is InChI=1S/C9H13NS/c1-5-8-10-9(6(2)3)7(4)11-8/h5-6H,1H2,2-4H3. The van der Waals surface area contributed by atoms with E-state index in [1.54, 1.807) is 11.3 Å². The minimum atomic E-state index is 0.528. The van der Waals surface area contributed by atoms with Crippen LogP contribution in [0.1, 0.15) is 35.3 Å². The highest BCUT2D eigenvalue weighted by Crippen LogP contribution is 2.24. The van der Waals surface area contributed by atoms with Crippen LogP contribution in [0.5, 0.6) is 0 Å². The van der Waals surface area contributed by atoms with Crippen molar-refractivity contribution < 1.29 is 0 Å². The first-order valence-electron chi connectivity index (χ1n) is 3.75. The minimum absolute atomic E-state index is 0.528. The van der Waals surface area contributed by atoms with Gasteiger partial charge in [0.1, 0.15) is 5.01 Å². The van der Waals surface area contributed by atoms with Crippen molar-refractivity contribution in [2.75, 3.05) is 0 Å². The van der Waals surface area contributed by atoms with E-state index in [1.807, 2.05) is 6.08 Å². The third kappa shape index (κ3) is 1.69. The fraction of sp³-hybridized carbons (Fsp3) is 0.444. The van der Waals surface area contributed by atoms with Crippen molar-refractivity contribution in [3.63, 3.8) is 0 Å². The first-order valence-corrected chi connectivity index (χ1v) is 4.56. The molecule has 1 aromatic heterocycles. The maximum atomic E-state index is 4.43. The predicted octanol–water partition coefficient (Wildman–Crippen LogP) is 3.22. The number of nitrogens with zero attached hydrogens (tertiary/aromatic N) is 1. The average Bonchev–Trinajstić information content (AvgIpc) is 2.30. The second-order valence-corrected chi connectivity index (χ2v) is 4.09. The van der Waals surface area contributed by atoms with E-state index in [4.69, 9.17) is 0 Å². The normalized spacial score (nSPS) is 10.5. The lowest BCUT2D eigenvalue weighted by atomic mass is 10.1. The SMILES string of the molecule is C=Cc1nc(C(C)C)c(C)s1. The maximum Gasteiger partial charge on any atom is 0.116 e. The van der Waals surface area contributed by atoms with Gasteiger partial charge in [-0.15, -0.1) is 11.3 Å². The quantitative estimate of drug-likeness (QED) is 0.659. The summed E-state index contributed by atoms with van der Waals surface area (Å²) in [5.41, 5.74) is 1.21. The number of aromatic nitrogens is 1. The summed E-state index contributed by atoms with van der Waals surface area (Å²) >= 11 is 1.71. The highest BCUT2D eigenvalue weighted by molar-refractivity contribution is 7.12. The summed E-state index contributed by atoms with van der Waals surface area (Å²) in [5.74, 6) is 0.528. The molecule has 0 aliphatic rings. The van der Waals surface area contributed by atoms with Gasteiger partial charge in [-0.25, -0.2) is 4.98 Å².